The van der Waals surface area contributed by atoms with Crippen molar-refractivity contribution in [2.75, 3.05) is 18.4 Å². The predicted octanol–water partition coefficient (Wildman–Crippen LogP) is 3.27. The number of nitrogens with one attached hydrogen (secondary N) is 2. The number of amides is 1. The Balaban J connectivity index is 1.84. The minimum Gasteiger partial charge on any atom is -0.383 e. The van der Waals surface area contributed by atoms with E-state index < -0.39 is 0 Å². The summed E-state index contributed by atoms with van der Waals surface area (Å²) in [5, 5.41) is 6.22. The maximum absolute atomic E-state index is 12.0. The summed E-state index contributed by atoms with van der Waals surface area (Å²) in [6, 6.07) is 12.2. The standard InChI is InChI=1S/C18H23N3O/c1-2-3-10-21-18(22)16-12-17(14-19-13-16)20-11-9-15-7-5-4-6-8-15/h4-8,12-14,20H,2-3,9-11H2,1H3,(H,21,22). The molecular formula is C18H23N3O. The highest BCUT2D eigenvalue weighted by Crippen LogP contribution is 2.09. The fourth-order valence-corrected chi connectivity index (χ4v) is 2.14. The Morgan fingerprint density at radius 3 is 2.73 bits per heavy atom. The summed E-state index contributed by atoms with van der Waals surface area (Å²) in [6.45, 7) is 3.62. The molecule has 4 heteroatoms. The first kappa shape index (κ1) is 16.0. The van der Waals surface area contributed by atoms with Crippen molar-refractivity contribution < 1.29 is 4.79 Å². The average molecular weight is 297 g/mol. The van der Waals surface area contributed by atoms with Gasteiger partial charge in [0.1, 0.15) is 0 Å². The predicted molar refractivity (Wildman–Crippen MR) is 90.1 cm³/mol. The van der Waals surface area contributed by atoms with E-state index in [0.29, 0.717) is 12.1 Å². The number of pyridine rings is 1. The van der Waals surface area contributed by atoms with E-state index in [1.165, 1.54) is 5.56 Å². The third-order valence-corrected chi connectivity index (χ3v) is 3.40. The van der Waals surface area contributed by atoms with Crippen LogP contribution >= 0.6 is 0 Å². The van der Waals surface area contributed by atoms with Crippen molar-refractivity contribution in [3.63, 3.8) is 0 Å². The molecule has 0 radical (unpaired) electrons. The molecule has 4 nitrogen and oxygen atoms in total. The van der Waals surface area contributed by atoms with Crippen LogP contribution in [0.2, 0.25) is 0 Å². The van der Waals surface area contributed by atoms with Crippen molar-refractivity contribution in [2.24, 2.45) is 0 Å². The van der Waals surface area contributed by atoms with E-state index in [2.05, 4.69) is 34.7 Å². The van der Waals surface area contributed by atoms with E-state index in [-0.39, 0.29) is 5.91 Å². The van der Waals surface area contributed by atoms with Gasteiger partial charge in [0, 0.05) is 25.5 Å². The molecule has 1 aromatic heterocycles. The smallest absolute Gasteiger partial charge is 0.252 e. The second-order valence-electron chi connectivity index (χ2n) is 5.23. The molecule has 1 amide bonds. The largest absolute Gasteiger partial charge is 0.383 e. The van der Waals surface area contributed by atoms with Gasteiger partial charge >= 0.3 is 0 Å². The van der Waals surface area contributed by atoms with Crippen LogP contribution in [-0.4, -0.2) is 24.0 Å². The molecule has 2 aromatic rings. The number of anilines is 1. The Morgan fingerprint density at radius 1 is 1.14 bits per heavy atom. The fraction of sp³-hybridized carbons (Fsp3) is 0.333. The zero-order valence-electron chi connectivity index (χ0n) is 13.0. The number of hydrogen-bond acceptors (Lipinski definition) is 3. The van der Waals surface area contributed by atoms with E-state index in [0.717, 1.165) is 31.5 Å². The first-order valence-corrected chi connectivity index (χ1v) is 7.80. The SMILES string of the molecule is CCCCNC(=O)c1cncc(NCCc2ccccc2)c1. The summed E-state index contributed by atoms with van der Waals surface area (Å²) in [5.41, 5.74) is 2.76. The summed E-state index contributed by atoms with van der Waals surface area (Å²) < 4.78 is 0. The first-order valence-electron chi connectivity index (χ1n) is 7.80. The van der Waals surface area contributed by atoms with Crippen LogP contribution in [0.15, 0.2) is 48.8 Å². The molecule has 22 heavy (non-hydrogen) atoms. The Bertz CT molecular complexity index is 584. The lowest BCUT2D eigenvalue weighted by Crippen LogP contribution is -2.24. The van der Waals surface area contributed by atoms with Gasteiger partial charge in [0.25, 0.3) is 5.91 Å². The van der Waals surface area contributed by atoms with E-state index in [1.807, 2.05) is 24.3 Å². The van der Waals surface area contributed by atoms with Gasteiger partial charge in [-0.1, -0.05) is 43.7 Å². The molecule has 0 aliphatic heterocycles. The Labute approximate surface area is 132 Å². The monoisotopic (exact) mass is 297 g/mol. The molecule has 0 aliphatic carbocycles. The summed E-state index contributed by atoms with van der Waals surface area (Å²) in [5.74, 6) is -0.0624. The molecule has 0 atom stereocenters. The molecule has 0 fully saturated rings. The zero-order valence-corrected chi connectivity index (χ0v) is 13.0. The number of benzene rings is 1. The average Bonchev–Trinajstić information content (AvgIpc) is 2.56. The van der Waals surface area contributed by atoms with Crippen molar-refractivity contribution in [3.8, 4) is 0 Å². The van der Waals surface area contributed by atoms with E-state index in [4.69, 9.17) is 0 Å². The topological polar surface area (TPSA) is 54.0 Å². The zero-order chi connectivity index (χ0) is 15.6. The van der Waals surface area contributed by atoms with Crippen LogP contribution < -0.4 is 10.6 Å². The lowest BCUT2D eigenvalue weighted by molar-refractivity contribution is 0.0953. The van der Waals surface area contributed by atoms with Gasteiger partial charge in [0.2, 0.25) is 0 Å². The molecule has 1 aromatic carbocycles. The van der Waals surface area contributed by atoms with Crippen LogP contribution in [-0.2, 0) is 6.42 Å². The molecule has 116 valence electrons. The molecule has 0 bridgehead atoms. The van der Waals surface area contributed by atoms with E-state index >= 15 is 0 Å². The Hall–Kier alpha value is -2.36. The Kier molecular flexibility index (Phi) is 6.42. The van der Waals surface area contributed by atoms with Gasteiger partial charge in [-0.3, -0.25) is 9.78 Å². The lowest BCUT2D eigenvalue weighted by atomic mass is 10.1. The minimum atomic E-state index is -0.0624. The third-order valence-electron chi connectivity index (χ3n) is 3.40. The summed E-state index contributed by atoms with van der Waals surface area (Å²) in [6.07, 6.45) is 6.35. The molecule has 2 rings (SSSR count). The second-order valence-corrected chi connectivity index (χ2v) is 5.23. The minimum absolute atomic E-state index is 0.0624. The second kappa shape index (κ2) is 8.82. The van der Waals surface area contributed by atoms with Crippen LogP contribution in [0.4, 0.5) is 5.69 Å². The first-order chi connectivity index (χ1) is 10.8. The van der Waals surface area contributed by atoms with Crippen LogP contribution in [0.1, 0.15) is 35.7 Å². The van der Waals surface area contributed by atoms with Crippen LogP contribution in [0.25, 0.3) is 0 Å². The fourth-order valence-electron chi connectivity index (χ4n) is 2.14. The number of hydrogen-bond donors (Lipinski definition) is 2. The normalized spacial score (nSPS) is 10.2. The molecule has 0 unspecified atom stereocenters. The summed E-state index contributed by atoms with van der Waals surface area (Å²) in [4.78, 5) is 16.1. The molecule has 0 aliphatic rings. The molecule has 1 heterocycles. The number of unbranched alkanes of at least 4 members (excludes halogenated alkanes) is 1. The number of rotatable bonds is 8. The highest BCUT2D eigenvalue weighted by Gasteiger charge is 2.06. The molecular weight excluding hydrogens is 274 g/mol. The van der Waals surface area contributed by atoms with Crippen LogP contribution in [0.5, 0.6) is 0 Å². The van der Waals surface area contributed by atoms with Gasteiger partial charge in [0.05, 0.1) is 11.3 Å². The highest BCUT2D eigenvalue weighted by molar-refractivity contribution is 5.94. The number of nitrogens with zero attached hydrogens (tertiary/aromatic N) is 1. The van der Waals surface area contributed by atoms with Crippen molar-refractivity contribution >= 4 is 11.6 Å². The van der Waals surface area contributed by atoms with Gasteiger partial charge in [-0.05, 0) is 24.5 Å². The van der Waals surface area contributed by atoms with Gasteiger partial charge in [0.15, 0.2) is 0 Å². The maximum Gasteiger partial charge on any atom is 0.252 e. The number of aromatic nitrogens is 1. The molecule has 0 saturated carbocycles. The van der Waals surface area contributed by atoms with Crippen molar-refractivity contribution in [1.29, 1.82) is 0 Å². The van der Waals surface area contributed by atoms with Gasteiger partial charge in [-0.15, -0.1) is 0 Å². The molecule has 0 saturated heterocycles. The van der Waals surface area contributed by atoms with Gasteiger partial charge in [-0.25, -0.2) is 0 Å². The van der Waals surface area contributed by atoms with Crippen molar-refractivity contribution in [2.45, 2.75) is 26.2 Å². The van der Waals surface area contributed by atoms with E-state index in [9.17, 15) is 4.79 Å². The van der Waals surface area contributed by atoms with E-state index in [1.54, 1.807) is 12.4 Å². The van der Waals surface area contributed by atoms with Crippen LogP contribution in [0, 0.1) is 0 Å². The third kappa shape index (κ3) is 5.20. The van der Waals surface area contributed by atoms with Crippen molar-refractivity contribution in [3.05, 3.63) is 59.9 Å². The number of carbonyl (C=O) groups is 1. The Morgan fingerprint density at radius 2 is 1.95 bits per heavy atom. The molecule has 0 spiro atoms. The number of carbonyl (C=O) groups excluding carboxylic acids is 1. The maximum atomic E-state index is 12.0. The summed E-state index contributed by atoms with van der Waals surface area (Å²) >= 11 is 0. The van der Waals surface area contributed by atoms with Gasteiger partial charge < -0.3 is 10.6 Å². The van der Waals surface area contributed by atoms with Gasteiger partial charge in [-0.2, -0.15) is 0 Å². The van der Waals surface area contributed by atoms with Crippen LogP contribution in [0.3, 0.4) is 0 Å². The molecule has 2 N–H and O–H groups in total. The summed E-state index contributed by atoms with van der Waals surface area (Å²) in [7, 11) is 0. The highest BCUT2D eigenvalue weighted by atomic mass is 16.1. The lowest BCUT2D eigenvalue weighted by Gasteiger charge is -2.08. The quantitative estimate of drug-likeness (QED) is 0.735. The van der Waals surface area contributed by atoms with Crippen molar-refractivity contribution in [1.82, 2.24) is 10.3 Å².